The van der Waals surface area contributed by atoms with Gasteiger partial charge in [0.2, 0.25) is 11.8 Å². The van der Waals surface area contributed by atoms with E-state index in [4.69, 9.17) is 12.2 Å². The minimum absolute atomic E-state index is 0.144. The predicted molar refractivity (Wildman–Crippen MR) is 120 cm³/mol. The van der Waals surface area contributed by atoms with Crippen LogP contribution in [0, 0.1) is 9.77 Å². The number of fused-ring (bicyclic) bond motifs is 1. The fraction of sp³-hybridized carbons (Fsp3) is 0.0909. The monoisotopic (exact) mass is 451 g/mol. The number of aromatic nitrogens is 1. The summed E-state index contributed by atoms with van der Waals surface area (Å²) in [4.78, 5) is 31.4. The van der Waals surface area contributed by atoms with E-state index in [9.17, 15) is 19.1 Å². The fourth-order valence-electron chi connectivity index (χ4n) is 3.74. The summed E-state index contributed by atoms with van der Waals surface area (Å²) in [6.45, 7) is 0. The number of carbonyl (C=O) groups excluding carboxylic acids is 2. The van der Waals surface area contributed by atoms with Crippen molar-refractivity contribution in [2.45, 2.75) is 12.5 Å². The van der Waals surface area contributed by atoms with Gasteiger partial charge in [0.05, 0.1) is 22.7 Å². The lowest BCUT2D eigenvalue weighted by Crippen LogP contribution is -2.31. The number of carbonyl (C=O) groups is 2. The number of rotatable bonds is 3. The van der Waals surface area contributed by atoms with Crippen LogP contribution in [0.5, 0.6) is 5.88 Å². The summed E-state index contributed by atoms with van der Waals surface area (Å²) in [6, 6.07) is 11.8. The maximum atomic E-state index is 13.2. The quantitative estimate of drug-likeness (QED) is 0.455. The Bertz CT molecular complexity index is 1360. The zero-order valence-electron chi connectivity index (χ0n) is 15.9. The van der Waals surface area contributed by atoms with Crippen molar-refractivity contribution in [3.63, 3.8) is 0 Å². The molecule has 2 aliphatic heterocycles. The minimum Gasteiger partial charge on any atom is -0.493 e. The van der Waals surface area contributed by atoms with Crippen molar-refractivity contribution < 1.29 is 19.1 Å². The number of allylic oxidation sites excluding steroid dienone is 1. The number of anilines is 1. The second kappa shape index (κ2) is 7.36. The lowest BCUT2D eigenvalue weighted by Gasteiger charge is -2.15. The van der Waals surface area contributed by atoms with Gasteiger partial charge in [0.1, 0.15) is 11.9 Å². The van der Waals surface area contributed by atoms with Crippen molar-refractivity contribution in [1.29, 1.82) is 0 Å². The van der Waals surface area contributed by atoms with Crippen LogP contribution in [0.3, 0.4) is 0 Å². The van der Waals surface area contributed by atoms with Crippen LogP contribution in [0.15, 0.2) is 53.5 Å². The third kappa shape index (κ3) is 3.22. The van der Waals surface area contributed by atoms with Crippen LogP contribution in [0.25, 0.3) is 11.6 Å². The van der Waals surface area contributed by atoms with Crippen molar-refractivity contribution in [3.05, 3.63) is 68.7 Å². The maximum Gasteiger partial charge on any atom is 0.257 e. The highest BCUT2D eigenvalue weighted by Gasteiger charge is 2.42. The molecule has 1 N–H and O–H groups in total. The van der Waals surface area contributed by atoms with Crippen LogP contribution >= 0.6 is 23.6 Å². The first-order valence-electron chi connectivity index (χ1n) is 9.36. The van der Waals surface area contributed by atoms with Crippen molar-refractivity contribution in [2.75, 3.05) is 4.90 Å². The SMILES string of the molecule is O=C1CC(n2c(O)c(C=C3C=Nc4ccccc43)sc2=S)C(=O)N1c1ccc(F)cc1. The molecular weight excluding hydrogens is 437 g/mol. The van der Waals surface area contributed by atoms with E-state index in [1.54, 1.807) is 12.3 Å². The molecule has 2 amide bonds. The minimum atomic E-state index is -0.960. The first kappa shape index (κ1) is 19.5. The molecule has 0 aliphatic carbocycles. The average molecular weight is 452 g/mol. The molecule has 0 saturated carbocycles. The van der Waals surface area contributed by atoms with Gasteiger partial charge in [0.15, 0.2) is 3.95 Å². The highest BCUT2D eigenvalue weighted by atomic mass is 32.1. The Labute approximate surface area is 185 Å². The number of benzene rings is 2. The van der Waals surface area contributed by atoms with Gasteiger partial charge in [-0.15, -0.1) is 11.3 Å². The molecule has 9 heteroatoms. The molecule has 2 aromatic carbocycles. The van der Waals surface area contributed by atoms with Crippen LogP contribution in [0.4, 0.5) is 15.8 Å². The standard InChI is InChI=1S/C22H14FN3O3S2/c23-13-5-7-14(8-6-13)25-19(27)10-17(20(25)28)26-21(29)18(31-22(26)30)9-12-11-24-16-4-2-1-3-15(12)16/h1-9,11,17,29H,10H2. The lowest BCUT2D eigenvalue weighted by molar-refractivity contribution is -0.122. The van der Waals surface area contributed by atoms with Gasteiger partial charge < -0.3 is 5.11 Å². The Hall–Kier alpha value is -3.43. The summed E-state index contributed by atoms with van der Waals surface area (Å²) in [5.74, 6) is -1.60. The largest absolute Gasteiger partial charge is 0.493 e. The average Bonchev–Trinajstić information content (AvgIpc) is 3.38. The van der Waals surface area contributed by atoms with Crippen LogP contribution < -0.4 is 4.90 Å². The predicted octanol–water partition coefficient (Wildman–Crippen LogP) is 4.88. The zero-order chi connectivity index (χ0) is 21.7. The molecule has 0 bridgehead atoms. The maximum absolute atomic E-state index is 13.2. The van der Waals surface area contributed by atoms with Crippen molar-refractivity contribution in [3.8, 4) is 5.88 Å². The first-order chi connectivity index (χ1) is 14.9. The van der Waals surface area contributed by atoms with Gasteiger partial charge in [0.25, 0.3) is 5.91 Å². The second-order valence-electron chi connectivity index (χ2n) is 7.06. The molecule has 154 valence electrons. The van der Waals surface area contributed by atoms with Crippen molar-refractivity contribution >= 4 is 64.6 Å². The number of nitrogens with zero attached hydrogens (tertiary/aromatic N) is 3. The van der Waals surface area contributed by atoms with Crippen LogP contribution in [0.2, 0.25) is 0 Å². The van der Waals surface area contributed by atoms with Gasteiger partial charge >= 0.3 is 0 Å². The van der Waals surface area contributed by atoms with E-state index in [1.165, 1.54) is 28.8 Å². The summed E-state index contributed by atoms with van der Waals surface area (Å²) in [5.41, 5.74) is 2.86. The molecular formula is C22H14FN3O3S2. The van der Waals surface area contributed by atoms with E-state index in [0.29, 0.717) is 4.88 Å². The fourth-order valence-corrected chi connectivity index (χ4v) is 5.10. The molecule has 0 radical (unpaired) electrons. The summed E-state index contributed by atoms with van der Waals surface area (Å²) >= 11 is 6.56. The van der Waals surface area contributed by atoms with Gasteiger partial charge in [-0.1, -0.05) is 18.2 Å². The van der Waals surface area contributed by atoms with E-state index in [1.807, 2.05) is 24.3 Å². The van der Waals surface area contributed by atoms with Gasteiger partial charge in [0, 0.05) is 17.4 Å². The van der Waals surface area contributed by atoms with E-state index >= 15 is 0 Å². The third-order valence-corrected chi connectivity index (χ3v) is 6.54. The molecule has 1 unspecified atom stereocenters. The molecule has 31 heavy (non-hydrogen) atoms. The molecule has 3 heterocycles. The van der Waals surface area contributed by atoms with E-state index in [-0.39, 0.29) is 21.9 Å². The number of para-hydroxylation sites is 1. The lowest BCUT2D eigenvalue weighted by atomic mass is 10.1. The Kier molecular flexibility index (Phi) is 4.64. The normalized spacial score (nSPS) is 18.9. The number of amides is 2. The van der Waals surface area contributed by atoms with Crippen LogP contribution in [-0.4, -0.2) is 27.7 Å². The number of hydrogen-bond donors (Lipinski definition) is 1. The van der Waals surface area contributed by atoms with E-state index < -0.39 is 23.7 Å². The number of aliphatic imine (C=N–C) groups is 1. The van der Waals surface area contributed by atoms with Crippen molar-refractivity contribution in [1.82, 2.24) is 4.57 Å². The highest BCUT2D eigenvalue weighted by molar-refractivity contribution is 7.73. The number of hydrogen-bond acceptors (Lipinski definition) is 6. The topological polar surface area (TPSA) is 74.9 Å². The number of thiazole rings is 1. The summed E-state index contributed by atoms with van der Waals surface area (Å²) < 4.78 is 14.8. The molecule has 0 spiro atoms. The molecule has 1 atom stereocenters. The van der Waals surface area contributed by atoms with Gasteiger partial charge in [-0.2, -0.15) is 0 Å². The smallest absolute Gasteiger partial charge is 0.257 e. The number of aromatic hydroxyl groups is 1. The Morgan fingerprint density at radius 3 is 2.68 bits per heavy atom. The Morgan fingerprint density at radius 1 is 1.16 bits per heavy atom. The third-order valence-electron chi connectivity index (χ3n) is 5.21. The molecule has 6 nitrogen and oxygen atoms in total. The second-order valence-corrected chi connectivity index (χ2v) is 8.74. The van der Waals surface area contributed by atoms with Gasteiger partial charge in [-0.25, -0.2) is 9.29 Å². The summed E-state index contributed by atoms with van der Waals surface area (Å²) in [6.07, 6.45) is 3.33. The van der Waals surface area contributed by atoms with Crippen LogP contribution in [-0.2, 0) is 9.59 Å². The molecule has 1 fully saturated rings. The molecule has 1 aromatic heterocycles. The van der Waals surface area contributed by atoms with E-state index in [2.05, 4.69) is 4.99 Å². The van der Waals surface area contributed by atoms with Crippen molar-refractivity contribution in [2.24, 2.45) is 4.99 Å². The Morgan fingerprint density at radius 2 is 1.90 bits per heavy atom. The molecule has 2 aliphatic rings. The summed E-state index contributed by atoms with van der Waals surface area (Å²) in [7, 11) is 0. The first-order valence-corrected chi connectivity index (χ1v) is 10.6. The summed E-state index contributed by atoms with van der Waals surface area (Å²) in [5, 5.41) is 10.9. The highest BCUT2D eigenvalue weighted by Crippen LogP contribution is 2.39. The zero-order valence-corrected chi connectivity index (χ0v) is 17.5. The van der Waals surface area contributed by atoms with Crippen LogP contribution in [0.1, 0.15) is 22.9 Å². The Balaban J connectivity index is 1.51. The molecule has 3 aromatic rings. The number of halogens is 1. The molecule has 1 saturated heterocycles. The number of imide groups is 1. The van der Waals surface area contributed by atoms with Gasteiger partial charge in [-0.3, -0.25) is 19.1 Å². The molecule has 5 rings (SSSR count). The van der Waals surface area contributed by atoms with E-state index in [0.717, 1.165) is 33.1 Å². The van der Waals surface area contributed by atoms with Gasteiger partial charge in [-0.05, 0) is 48.6 Å².